The molecule has 2 fully saturated rings. The van der Waals surface area contributed by atoms with Crippen molar-refractivity contribution in [3.8, 4) is 0 Å². The molecular formula is C21H28N6O2. The Hall–Kier alpha value is -2.71. The van der Waals surface area contributed by atoms with E-state index < -0.39 is 6.04 Å². The molecule has 8 heteroatoms. The molecule has 0 saturated carbocycles. The molecule has 3 aliphatic rings. The number of carbonyl (C=O) groups excluding carboxylic acids is 2. The zero-order valence-corrected chi connectivity index (χ0v) is 17.4. The number of aryl methyl sites for hydroxylation is 2. The molecule has 1 aromatic carbocycles. The highest BCUT2D eigenvalue weighted by Crippen LogP contribution is 2.31. The number of imide groups is 1. The van der Waals surface area contributed by atoms with Crippen molar-refractivity contribution in [2.75, 3.05) is 20.1 Å². The third-order valence-corrected chi connectivity index (χ3v) is 5.90. The maximum Gasteiger partial charge on any atom is 0.328 e. The molecule has 1 N–H and O–H groups in total. The molecule has 0 bridgehead atoms. The van der Waals surface area contributed by atoms with Gasteiger partial charge in [0.05, 0.1) is 13.1 Å². The number of rotatable bonds is 4. The largest absolute Gasteiger partial charge is 0.328 e. The fourth-order valence-corrected chi connectivity index (χ4v) is 4.41. The molecule has 4 rings (SSSR count). The molecule has 29 heavy (non-hydrogen) atoms. The average molecular weight is 396 g/mol. The van der Waals surface area contributed by atoms with Crippen LogP contribution in [-0.4, -0.2) is 76.0 Å². The summed E-state index contributed by atoms with van der Waals surface area (Å²) < 4.78 is 0. The molecular weight excluding hydrogens is 368 g/mol. The van der Waals surface area contributed by atoms with Gasteiger partial charge in [-0.25, -0.2) is 9.69 Å². The lowest BCUT2D eigenvalue weighted by molar-refractivity contribution is -0.139. The summed E-state index contributed by atoms with van der Waals surface area (Å²) >= 11 is 0. The van der Waals surface area contributed by atoms with Crippen molar-refractivity contribution in [3.63, 3.8) is 0 Å². The third kappa shape index (κ3) is 3.22. The van der Waals surface area contributed by atoms with Crippen molar-refractivity contribution in [3.05, 3.63) is 47.5 Å². The summed E-state index contributed by atoms with van der Waals surface area (Å²) in [5.41, 5.74) is 4.10. The van der Waals surface area contributed by atoms with Crippen LogP contribution < -0.4 is 5.32 Å². The molecule has 0 radical (unpaired) electrons. The SMILES string of the molecule is C=CCN1N=C(C)CN2C3C(=O)N(Cc4cc(C)ccc4C)C(=O)N(C)C3NC12. The van der Waals surface area contributed by atoms with E-state index in [1.807, 2.05) is 44.0 Å². The highest BCUT2D eigenvalue weighted by Gasteiger charge is 2.56. The molecule has 3 heterocycles. The highest BCUT2D eigenvalue weighted by atomic mass is 16.2. The van der Waals surface area contributed by atoms with Crippen LogP contribution >= 0.6 is 0 Å². The first-order valence-corrected chi connectivity index (χ1v) is 9.89. The predicted octanol–water partition coefficient (Wildman–Crippen LogP) is 1.46. The molecule has 0 aliphatic carbocycles. The van der Waals surface area contributed by atoms with Gasteiger partial charge in [-0.15, -0.1) is 6.58 Å². The van der Waals surface area contributed by atoms with E-state index in [1.165, 1.54) is 4.90 Å². The molecule has 3 unspecified atom stereocenters. The van der Waals surface area contributed by atoms with Crippen LogP contribution in [0.1, 0.15) is 23.6 Å². The normalized spacial score (nSPS) is 27.1. The Kier molecular flexibility index (Phi) is 4.92. The maximum atomic E-state index is 13.5. The van der Waals surface area contributed by atoms with Crippen LogP contribution in [0.4, 0.5) is 4.79 Å². The number of nitrogens with one attached hydrogen (secondary N) is 1. The standard InChI is InChI=1S/C21H28N6O2/c1-6-9-27-20-22-18-17(25(20)11-15(4)23-27)19(28)26(21(29)24(18)5)12-16-10-13(2)7-8-14(16)3/h6-8,10,17-18,20,22H,1,9,11-12H2,2-5H3. The summed E-state index contributed by atoms with van der Waals surface area (Å²) in [6.07, 6.45) is 1.16. The van der Waals surface area contributed by atoms with Gasteiger partial charge in [0.15, 0.2) is 6.29 Å². The molecule has 3 aliphatic heterocycles. The zero-order valence-electron chi connectivity index (χ0n) is 17.4. The van der Waals surface area contributed by atoms with E-state index in [2.05, 4.69) is 21.9 Å². The van der Waals surface area contributed by atoms with Gasteiger partial charge in [-0.2, -0.15) is 5.10 Å². The van der Waals surface area contributed by atoms with Crippen molar-refractivity contribution in [2.45, 2.75) is 45.8 Å². The van der Waals surface area contributed by atoms with Gasteiger partial charge in [0.25, 0.3) is 5.91 Å². The lowest BCUT2D eigenvalue weighted by Gasteiger charge is -2.42. The summed E-state index contributed by atoms with van der Waals surface area (Å²) in [5.74, 6) is -0.165. The molecule has 0 aromatic heterocycles. The molecule has 8 nitrogen and oxygen atoms in total. The number of urea groups is 1. The summed E-state index contributed by atoms with van der Waals surface area (Å²) in [4.78, 5) is 31.7. The first kappa shape index (κ1) is 19.6. The molecule has 3 atom stereocenters. The monoisotopic (exact) mass is 396 g/mol. The van der Waals surface area contributed by atoms with Crippen molar-refractivity contribution in [1.29, 1.82) is 0 Å². The smallest absolute Gasteiger partial charge is 0.310 e. The van der Waals surface area contributed by atoms with Crippen molar-refractivity contribution in [1.82, 2.24) is 25.0 Å². The fraction of sp³-hybridized carbons (Fsp3) is 0.476. The van der Waals surface area contributed by atoms with Crippen LogP contribution in [0.15, 0.2) is 36.0 Å². The van der Waals surface area contributed by atoms with Crippen molar-refractivity contribution in [2.24, 2.45) is 5.10 Å². The minimum atomic E-state index is -0.453. The third-order valence-electron chi connectivity index (χ3n) is 5.90. The highest BCUT2D eigenvalue weighted by molar-refractivity contribution is 6.01. The van der Waals surface area contributed by atoms with Crippen LogP contribution in [0.2, 0.25) is 0 Å². The minimum Gasteiger partial charge on any atom is -0.310 e. The van der Waals surface area contributed by atoms with Gasteiger partial charge < -0.3 is 4.90 Å². The van der Waals surface area contributed by atoms with Gasteiger partial charge in [0.1, 0.15) is 12.2 Å². The molecule has 154 valence electrons. The van der Waals surface area contributed by atoms with E-state index in [9.17, 15) is 9.59 Å². The molecule has 2 saturated heterocycles. The first-order chi connectivity index (χ1) is 13.8. The van der Waals surface area contributed by atoms with E-state index in [1.54, 1.807) is 18.0 Å². The van der Waals surface area contributed by atoms with Crippen LogP contribution in [0.5, 0.6) is 0 Å². The van der Waals surface area contributed by atoms with E-state index in [0.29, 0.717) is 13.1 Å². The predicted molar refractivity (Wildman–Crippen MR) is 111 cm³/mol. The van der Waals surface area contributed by atoms with Gasteiger partial charge in [-0.3, -0.25) is 20.0 Å². The number of carbonyl (C=O) groups is 2. The molecule has 1 aromatic rings. The Labute approximate surface area is 171 Å². The number of hydrogen-bond donors (Lipinski definition) is 1. The summed E-state index contributed by atoms with van der Waals surface area (Å²) in [6, 6.07) is 5.38. The lowest BCUT2D eigenvalue weighted by atomic mass is 10.0. The Morgan fingerprint density at radius 1 is 1.28 bits per heavy atom. The lowest BCUT2D eigenvalue weighted by Crippen LogP contribution is -2.66. The Balaban J connectivity index is 1.65. The van der Waals surface area contributed by atoms with E-state index in [4.69, 9.17) is 0 Å². The number of hydrazone groups is 1. The Bertz CT molecular complexity index is 897. The van der Waals surface area contributed by atoms with E-state index >= 15 is 0 Å². The van der Waals surface area contributed by atoms with Crippen LogP contribution in [-0.2, 0) is 11.3 Å². The first-order valence-electron chi connectivity index (χ1n) is 9.89. The molecule has 0 spiro atoms. The second kappa shape index (κ2) is 7.27. The van der Waals surface area contributed by atoms with E-state index in [-0.39, 0.29) is 30.9 Å². The number of hydrogen-bond acceptors (Lipinski definition) is 6. The summed E-state index contributed by atoms with van der Waals surface area (Å²) in [5, 5.41) is 9.90. The van der Waals surface area contributed by atoms with Gasteiger partial charge in [0.2, 0.25) is 0 Å². The minimum absolute atomic E-state index is 0.165. The maximum absolute atomic E-state index is 13.5. The second-order valence-corrected chi connectivity index (χ2v) is 8.10. The Morgan fingerprint density at radius 2 is 2.03 bits per heavy atom. The quantitative estimate of drug-likeness (QED) is 0.781. The van der Waals surface area contributed by atoms with Crippen molar-refractivity contribution < 1.29 is 9.59 Å². The summed E-state index contributed by atoms with van der Waals surface area (Å²) in [7, 11) is 1.75. The number of benzene rings is 1. The van der Waals surface area contributed by atoms with Crippen LogP contribution in [0, 0.1) is 13.8 Å². The number of likely N-dealkylation sites (N-methyl/N-ethyl adjacent to an activating group) is 1. The second-order valence-electron chi connectivity index (χ2n) is 8.10. The van der Waals surface area contributed by atoms with Gasteiger partial charge >= 0.3 is 6.03 Å². The molecule has 3 amide bonds. The van der Waals surface area contributed by atoms with E-state index in [0.717, 1.165) is 22.4 Å². The van der Waals surface area contributed by atoms with Crippen LogP contribution in [0.25, 0.3) is 0 Å². The number of fused-ring (bicyclic) bond motifs is 3. The van der Waals surface area contributed by atoms with Crippen LogP contribution in [0.3, 0.4) is 0 Å². The fourth-order valence-electron chi connectivity index (χ4n) is 4.41. The topological polar surface area (TPSA) is 71.5 Å². The van der Waals surface area contributed by atoms with Gasteiger partial charge in [-0.05, 0) is 31.9 Å². The number of amides is 3. The number of nitrogens with zero attached hydrogens (tertiary/aromatic N) is 5. The summed E-state index contributed by atoms with van der Waals surface area (Å²) in [6.45, 7) is 11.2. The average Bonchev–Trinajstić information content (AvgIpc) is 3.06. The van der Waals surface area contributed by atoms with Crippen molar-refractivity contribution >= 4 is 17.6 Å². The van der Waals surface area contributed by atoms with Gasteiger partial charge in [0, 0.05) is 19.3 Å². The van der Waals surface area contributed by atoms with Gasteiger partial charge in [-0.1, -0.05) is 29.8 Å². The zero-order chi connectivity index (χ0) is 20.9. The Morgan fingerprint density at radius 3 is 2.76 bits per heavy atom.